The second-order valence-electron chi connectivity index (χ2n) is 6.07. The molecule has 0 unspecified atom stereocenters. The number of imidazole rings is 1. The molecule has 0 radical (unpaired) electrons. The van der Waals surface area contributed by atoms with Gasteiger partial charge in [0.05, 0.1) is 18.6 Å². The largest absolute Gasteiger partial charge is 0.497 e. The third-order valence-corrected chi connectivity index (χ3v) is 5.18. The molecule has 1 fully saturated rings. The van der Waals surface area contributed by atoms with Crippen LogP contribution in [0.1, 0.15) is 25.7 Å². The lowest BCUT2D eigenvalue weighted by molar-refractivity contribution is -0.117. The number of imide groups is 1. The van der Waals surface area contributed by atoms with Crippen molar-refractivity contribution in [3.05, 3.63) is 36.7 Å². The Morgan fingerprint density at radius 1 is 1.35 bits per heavy atom. The van der Waals surface area contributed by atoms with Gasteiger partial charge >= 0.3 is 6.03 Å². The van der Waals surface area contributed by atoms with Crippen molar-refractivity contribution in [2.45, 2.75) is 36.9 Å². The van der Waals surface area contributed by atoms with Gasteiger partial charge in [-0.05, 0) is 25.0 Å². The van der Waals surface area contributed by atoms with E-state index < -0.39 is 6.03 Å². The van der Waals surface area contributed by atoms with Crippen molar-refractivity contribution in [2.75, 3.05) is 12.9 Å². The first-order valence-corrected chi connectivity index (χ1v) is 9.55. The first-order chi connectivity index (χ1) is 12.7. The Morgan fingerprint density at radius 2 is 2.15 bits per heavy atom. The number of amides is 3. The SMILES string of the molecule is COc1cccc(-n2ccnc2SCC(=O)NC(=O)NC2CCCC2)c1. The van der Waals surface area contributed by atoms with Crippen molar-refractivity contribution in [1.29, 1.82) is 0 Å². The summed E-state index contributed by atoms with van der Waals surface area (Å²) < 4.78 is 7.11. The first kappa shape index (κ1) is 18.3. The number of nitrogens with one attached hydrogen (secondary N) is 2. The first-order valence-electron chi connectivity index (χ1n) is 8.56. The molecule has 0 aliphatic heterocycles. The number of hydrogen-bond donors (Lipinski definition) is 2. The fraction of sp³-hybridized carbons (Fsp3) is 0.389. The summed E-state index contributed by atoms with van der Waals surface area (Å²) in [5, 5.41) is 5.89. The number of benzene rings is 1. The maximum Gasteiger partial charge on any atom is 0.321 e. The average molecular weight is 374 g/mol. The zero-order chi connectivity index (χ0) is 18.4. The van der Waals surface area contributed by atoms with Crippen LogP contribution >= 0.6 is 11.8 Å². The summed E-state index contributed by atoms with van der Waals surface area (Å²) in [6.45, 7) is 0. The Labute approximate surface area is 156 Å². The van der Waals surface area contributed by atoms with Gasteiger partial charge in [-0.15, -0.1) is 0 Å². The molecule has 1 aliphatic carbocycles. The van der Waals surface area contributed by atoms with Gasteiger partial charge in [0, 0.05) is 24.5 Å². The Balaban J connectivity index is 1.54. The van der Waals surface area contributed by atoms with Gasteiger partial charge in [0.1, 0.15) is 5.75 Å². The van der Waals surface area contributed by atoms with Gasteiger partial charge in [0.15, 0.2) is 5.16 Å². The number of ether oxygens (including phenoxy) is 1. The Morgan fingerprint density at radius 3 is 2.92 bits per heavy atom. The van der Waals surface area contributed by atoms with E-state index in [1.54, 1.807) is 13.3 Å². The summed E-state index contributed by atoms with van der Waals surface area (Å²) in [4.78, 5) is 28.2. The summed E-state index contributed by atoms with van der Waals surface area (Å²) in [6, 6.07) is 7.34. The Bertz CT molecular complexity index is 771. The van der Waals surface area contributed by atoms with Gasteiger partial charge in [-0.25, -0.2) is 9.78 Å². The molecule has 1 aromatic carbocycles. The summed E-state index contributed by atoms with van der Waals surface area (Å²) in [6.07, 6.45) is 7.71. The number of aromatic nitrogens is 2. The molecular weight excluding hydrogens is 352 g/mol. The van der Waals surface area contributed by atoms with Crippen LogP contribution in [0, 0.1) is 0 Å². The molecule has 1 aromatic heterocycles. The van der Waals surface area contributed by atoms with E-state index in [-0.39, 0.29) is 17.7 Å². The molecule has 1 heterocycles. The average Bonchev–Trinajstić information content (AvgIpc) is 3.31. The van der Waals surface area contributed by atoms with Crippen LogP contribution in [0.5, 0.6) is 5.75 Å². The van der Waals surface area contributed by atoms with Crippen LogP contribution in [0.4, 0.5) is 4.79 Å². The molecule has 3 rings (SSSR count). The van der Waals surface area contributed by atoms with Crippen LogP contribution in [0.15, 0.2) is 41.8 Å². The predicted molar refractivity (Wildman–Crippen MR) is 99.8 cm³/mol. The summed E-state index contributed by atoms with van der Waals surface area (Å²) in [7, 11) is 1.61. The monoisotopic (exact) mass is 374 g/mol. The molecule has 3 amide bonds. The van der Waals surface area contributed by atoms with E-state index in [0.717, 1.165) is 37.1 Å². The topological polar surface area (TPSA) is 85.2 Å². The zero-order valence-electron chi connectivity index (χ0n) is 14.6. The molecule has 2 N–H and O–H groups in total. The van der Waals surface area contributed by atoms with Crippen molar-refractivity contribution in [1.82, 2.24) is 20.2 Å². The van der Waals surface area contributed by atoms with E-state index in [4.69, 9.17) is 4.74 Å². The summed E-state index contributed by atoms with van der Waals surface area (Å²) in [5.41, 5.74) is 0.892. The van der Waals surface area contributed by atoms with Crippen LogP contribution in [0.25, 0.3) is 5.69 Å². The van der Waals surface area contributed by atoms with Gasteiger partial charge in [-0.3, -0.25) is 14.7 Å². The van der Waals surface area contributed by atoms with Gasteiger partial charge in [-0.1, -0.05) is 30.7 Å². The minimum atomic E-state index is -0.418. The third kappa shape index (κ3) is 4.78. The quantitative estimate of drug-likeness (QED) is 0.760. The van der Waals surface area contributed by atoms with Crippen LogP contribution in [0.2, 0.25) is 0 Å². The number of methoxy groups -OCH3 is 1. The molecule has 0 spiro atoms. The Hall–Kier alpha value is -2.48. The lowest BCUT2D eigenvalue weighted by Crippen LogP contribution is -2.44. The maximum absolute atomic E-state index is 12.0. The van der Waals surface area contributed by atoms with Crippen LogP contribution in [-0.4, -0.2) is 40.4 Å². The van der Waals surface area contributed by atoms with Crippen molar-refractivity contribution < 1.29 is 14.3 Å². The van der Waals surface area contributed by atoms with Gasteiger partial charge in [-0.2, -0.15) is 0 Å². The van der Waals surface area contributed by atoms with Gasteiger partial charge in [0.25, 0.3) is 0 Å². The van der Waals surface area contributed by atoms with Crippen LogP contribution in [-0.2, 0) is 4.79 Å². The molecule has 0 atom stereocenters. The fourth-order valence-corrected chi connectivity index (χ4v) is 3.71. The molecule has 7 nitrogen and oxygen atoms in total. The van der Waals surface area contributed by atoms with E-state index in [2.05, 4.69) is 15.6 Å². The normalized spacial score (nSPS) is 14.2. The van der Waals surface area contributed by atoms with Crippen molar-refractivity contribution in [3.8, 4) is 11.4 Å². The highest BCUT2D eigenvalue weighted by molar-refractivity contribution is 7.99. The number of nitrogens with zero attached hydrogens (tertiary/aromatic N) is 2. The number of hydrogen-bond acceptors (Lipinski definition) is 5. The number of thioether (sulfide) groups is 1. The van der Waals surface area contributed by atoms with Crippen molar-refractivity contribution in [2.24, 2.45) is 0 Å². The number of carbonyl (C=O) groups excluding carboxylic acids is 2. The molecule has 0 bridgehead atoms. The van der Waals surface area contributed by atoms with Crippen LogP contribution < -0.4 is 15.4 Å². The minimum Gasteiger partial charge on any atom is -0.497 e. The lowest BCUT2D eigenvalue weighted by Gasteiger charge is -2.12. The molecule has 8 heteroatoms. The molecular formula is C18H22N4O3S. The standard InChI is InChI=1S/C18H22N4O3S/c1-25-15-8-4-7-14(11-15)22-10-9-19-18(22)26-12-16(23)21-17(24)20-13-5-2-3-6-13/h4,7-11,13H,2-3,5-6,12H2,1H3,(H2,20,21,23,24). The molecule has 138 valence electrons. The zero-order valence-corrected chi connectivity index (χ0v) is 15.4. The third-order valence-electron chi connectivity index (χ3n) is 4.21. The minimum absolute atomic E-state index is 0.110. The van der Waals surface area contributed by atoms with Crippen molar-refractivity contribution >= 4 is 23.7 Å². The summed E-state index contributed by atoms with van der Waals surface area (Å²) >= 11 is 1.27. The van der Waals surface area contributed by atoms with Gasteiger partial charge in [0.2, 0.25) is 5.91 Å². The van der Waals surface area contributed by atoms with Gasteiger partial charge < -0.3 is 10.1 Å². The Kier molecular flexibility index (Phi) is 6.17. The number of urea groups is 1. The van der Waals surface area contributed by atoms with Crippen LogP contribution in [0.3, 0.4) is 0 Å². The molecule has 1 saturated carbocycles. The maximum atomic E-state index is 12.0. The number of rotatable bonds is 6. The molecule has 1 aliphatic rings. The summed E-state index contributed by atoms with van der Waals surface area (Å²) in [5.74, 6) is 0.512. The van der Waals surface area contributed by atoms with E-state index in [0.29, 0.717) is 5.16 Å². The van der Waals surface area contributed by atoms with E-state index in [9.17, 15) is 9.59 Å². The fourth-order valence-electron chi connectivity index (χ4n) is 2.94. The van der Waals surface area contributed by atoms with E-state index in [1.165, 1.54) is 11.8 Å². The molecule has 0 saturated heterocycles. The lowest BCUT2D eigenvalue weighted by atomic mass is 10.2. The molecule has 26 heavy (non-hydrogen) atoms. The van der Waals surface area contributed by atoms with E-state index in [1.807, 2.05) is 35.0 Å². The van der Waals surface area contributed by atoms with E-state index >= 15 is 0 Å². The smallest absolute Gasteiger partial charge is 0.321 e. The highest BCUT2D eigenvalue weighted by atomic mass is 32.2. The second kappa shape index (κ2) is 8.75. The van der Waals surface area contributed by atoms with Crippen molar-refractivity contribution in [3.63, 3.8) is 0 Å². The number of carbonyl (C=O) groups is 2. The molecule has 2 aromatic rings. The second-order valence-corrected chi connectivity index (χ2v) is 7.02. The highest BCUT2D eigenvalue weighted by Crippen LogP contribution is 2.23. The predicted octanol–water partition coefficient (Wildman–Crippen LogP) is 2.74. The highest BCUT2D eigenvalue weighted by Gasteiger charge is 2.18.